The first kappa shape index (κ1) is 19.7. The van der Waals surface area contributed by atoms with Crippen LogP contribution in [0.5, 0.6) is 0 Å². The molecule has 0 aromatic rings. The molecular formula is C23H36. The molecule has 0 radical (unpaired) electrons. The molecule has 1 aliphatic rings. The maximum atomic E-state index is 2.38. The lowest BCUT2D eigenvalue weighted by atomic mass is 9.72. The van der Waals surface area contributed by atoms with Crippen LogP contribution in [0, 0.1) is 10.8 Å². The molecule has 0 aliphatic heterocycles. The number of rotatable bonds is 4. The highest BCUT2D eigenvalue weighted by atomic mass is 14.3. The van der Waals surface area contributed by atoms with Gasteiger partial charge in [-0.15, -0.1) is 0 Å². The predicted octanol–water partition coefficient (Wildman–Crippen LogP) is 7.56. The van der Waals surface area contributed by atoms with Crippen LogP contribution in [-0.4, -0.2) is 0 Å². The van der Waals surface area contributed by atoms with Crippen LogP contribution >= 0.6 is 0 Å². The molecule has 0 heterocycles. The molecule has 0 heteroatoms. The Labute approximate surface area is 144 Å². The topological polar surface area (TPSA) is 0 Å². The molecule has 0 unspecified atom stereocenters. The highest BCUT2D eigenvalue weighted by molar-refractivity contribution is 5.39. The van der Waals surface area contributed by atoms with Crippen LogP contribution < -0.4 is 0 Å². The van der Waals surface area contributed by atoms with E-state index < -0.39 is 0 Å². The van der Waals surface area contributed by atoms with Crippen molar-refractivity contribution in [3.63, 3.8) is 0 Å². The second kappa shape index (κ2) is 7.99. The lowest BCUT2D eigenvalue weighted by Crippen LogP contribution is -2.19. The van der Waals surface area contributed by atoms with E-state index in [0.717, 1.165) is 0 Å². The predicted molar refractivity (Wildman–Crippen MR) is 106 cm³/mol. The molecule has 0 nitrogen and oxygen atoms in total. The number of hydrogen-bond donors (Lipinski definition) is 0. The summed E-state index contributed by atoms with van der Waals surface area (Å²) < 4.78 is 0. The summed E-state index contributed by atoms with van der Waals surface area (Å²) in [6.45, 7) is 18.1. The standard InChI is InChI=1S/C23H36/c1-9-18(2)12-10-14-20(22(4,5)6)15-16-21-19(3)13-11-17-23(21,7)8/h9-10,12,14-16H,11,13,17H2,1-8H3/b12-10+,16-15+,18-9+,20-14+. The van der Waals surface area contributed by atoms with Crippen LogP contribution in [0.4, 0.5) is 0 Å². The van der Waals surface area contributed by atoms with E-state index in [2.05, 4.69) is 91.8 Å². The van der Waals surface area contributed by atoms with Crippen LogP contribution in [0.25, 0.3) is 0 Å². The van der Waals surface area contributed by atoms with Gasteiger partial charge in [0.15, 0.2) is 0 Å². The Balaban J connectivity index is 3.12. The van der Waals surface area contributed by atoms with Gasteiger partial charge in [-0.2, -0.15) is 0 Å². The van der Waals surface area contributed by atoms with E-state index in [0.29, 0.717) is 5.41 Å². The van der Waals surface area contributed by atoms with Gasteiger partial charge in [0.2, 0.25) is 0 Å². The average molecular weight is 313 g/mol. The quantitative estimate of drug-likeness (QED) is 0.470. The summed E-state index contributed by atoms with van der Waals surface area (Å²) in [5.74, 6) is 0. The fourth-order valence-electron chi connectivity index (χ4n) is 3.14. The van der Waals surface area contributed by atoms with E-state index in [1.165, 1.54) is 36.0 Å². The van der Waals surface area contributed by atoms with E-state index in [1.54, 1.807) is 5.57 Å². The lowest BCUT2D eigenvalue weighted by Gasteiger charge is -2.33. The third-order valence-electron chi connectivity index (χ3n) is 4.93. The Morgan fingerprint density at radius 1 is 1.13 bits per heavy atom. The van der Waals surface area contributed by atoms with Crippen LogP contribution in [-0.2, 0) is 0 Å². The maximum Gasteiger partial charge on any atom is -0.0104 e. The van der Waals surface area contributed by atoms with Gasteiger partial charge in [-0.1, -0.05) is 82.2 Å². The molecule has 0 amide bonds. The van der Waals surface area contributed by atoms with E-state index in [-0.39, 0.29) is 5.41 Å². The zero-order chi connectivity index (χ0) is 17.7. The van der Waals surface area contributed by atoms with Crippen LogP contribution in [0.1, 0.15) is 74.7 Å². The molecule has 0 fully saturated rings. The van der Waals surface area contributed by atoms with Gasteiger partial charge in [-0.05, 0) is 62.0 Å². The summed E-state index contributed by atoms with van der Waals surface area (Å²) in [4.78, 5) is 0. The molecule has 0 aromatic heterocycles. The van der Waals surface area contributed by atoms with E-state index >= 15 is 0 Å². The van der Waals surface area contributed by atoms with Crippen molar-refractivity contribution < 1.29 is 0 Å². The summed E-state index contributed by atoms with van der Waals surface area (Å²) in [5, 5.41) is 0. The maximum absolute atomic E-state index is 2.38. The van der Waals surface area contributed by atoms with Crippen molar-refractivity contribution in [2.75, 3.05) is 0 Å². The second-order valence-corrected chi connectivity index (χ2v) is 8.53. The van der Waals surface area contributed by atoms with E-state index in [4.69, 9.17) is 0 Å². The monoisotopic (exact) mass is 312 g/mol. The lowest BCUT2D eigenvalue weighted by molar-refractivity contribution is 0.376. The van der Waals surface area contributed by atoms with E-state index in [1.807, 2.05) is 0 Å². The van der Waals surface area contributed by atoms with Crippen molar-refractivity contribution >= 4 is 0 Å². The summed E-state index contributed by atoms with van der Waals surface area (Å²) >= 11 is 0. The van der Waals surface area contributed by atoms with Crippen LogP contribution in [0.2, 0.25) is 0 Å². The summed E-state index contributed by atoms with van der Waals surface area (Å²) in [5.41, 5.74) is 6.22. The third-order valence-corrected chi connectivity index (χ3v) is 4.93. The van der Waals surface area contributed by atoms with Crippen LogP contribution in [0.15, 0.2) is 58.7 Å². The number of allylic oxidation sites excluding steroid dienone is 10. The summed E-state index contributed by atoms with van der Waals surface area (Å²) in [7, 11) is 0. The molecular weight excluding hydrogens is 276 g/mol. The van der Waals surface area contributed by atoms with Crippen molar-refractivity contribution in [3.8, 4) is 0 Å². The van der Waals surface area contributed by atoms with Gasteiger partial charge >= 0.3 is 0 Å². The zero-order valence-corrected chi connectivity index (χ0v) is 16.6. The zero-order valence-electron chi connectivity index (χ0n) is 16.6. The van der Waals surface area contributed by atoms with Gasteiger partial charge in [0, 0.05) is 0 Å². The number of hydrogen-bond acceptors (Lipinski definition) is 0. The van der Waals surface area contributed by atoms with Crippen molar-refractivity contribution in [2.24, 2.45) is 10.8 Å². The Morgan fingerprint density at radius 3 is 2.30 bits per heavy atom. The molecule has 0 spiro atoms. The molecule has 0 aromatic carbocycles. The molecule has 23 heavy (non-hydrogen) atoms. The Hall–Kier alpha value is -1.30. The van der Waals surface area contributed by atoms with Gasteiger partial charge in [0.05, 0.1) is 0 Å². The van der Waals surface area contributed by atoms with Crippen molar-refractivity contribution in [2.45, 2.75) is 74.7 Å². The fourth-order valence-corrected chi connectivity index (χ4v) is 3.14. The first-order valence-corrected chi connectivity index (χ1v) is 8.98. The first-order valence-electron chi connectivity index (χ1n) is 8.98. The van der Waals surface area contributed by atoms with Gasteiger partial charge in [0.1, 0.15) is 0 Å². The largest absolute Gasteiger partial charge is 0.0847 e. The Kier molecular flexibility index (Phi) is 6.86. The van der Waals surface area contributed by atoms with Gasteiger partial charge in [-0.25, -0.2) is 0 Å². The molecule has 0 bridgehead atoms. The van der Waals surface area contributed by atoms with Crippen LogP contribution in [0.3, 0.4) is 0 Å². The molecule has 128 valence electrons. The minimum absolute atomic E-state index is 0.151. The second-order valence-electron chi connectivity index (χ2n) is 8.53. The van der Waals surface area contributed by atoms with Crippen molar-refractivity contribution in [3.05, 3.63) is 58.7 Å². The summed E-state index contributed by atoms with van der Waals surface area (Å²) in [6, 6.07) is 0. The van der Waals surface area contributed by atoms with Crippen molar-refractivity contribution in [1.29, 1.82) is 0 Å². The molecule has 1 aliphatic carbocycles. The highest BCUT2D eigenvalue weighted by Gasteiger charge is 2.26. The smallest absolute Gasteiger partial charge is 0.0104 e. The minimum atomic E-state index is 0.151. The van der Waals surface area contributed by atoms with Crippen molar-refractivity contribution in [1.82, 2.24) is 0 Å². The fraction of sp³-hybridized carbons (Fsp3) is 0.565. The average Bonchev–Trinajstić information content (AvgIpc) is 2.42. The Morgan fingerprint density at radius 2 is 1.78 bits per heavy atom. The van der Waals surface area contributed by atoms with Gasteiger partial charge in [0.25, 0.3) is 0 Å². The highest BCUT2D eigenvalue weighted by Crippen LogP contribution is 2.41. The Bertz CT molecular complexity index is 551. The summed E-state index contributed by atoms with van der Waals surface area (Å²) in [6.07, 6.45) is 17.3. The normalized spacial score (nSPS) is 20.9. The first-order chi connectivity index (χ1) is 10.6. The van der Waals surface area contributed by atoms with E-state index in [9.17, 15) is 0 Å². The SMILES string of the molecule is C/C=C(C)/C=C/C=C(\C=C\C1=C(C)CCCC1(C)C)C(C)(C)C. The molecule has 0 N–H and O–H groups in total. The molecule has 1 rings (SSSR count). The molecule has 0 saturated carbocycles. The third kappa shape index (κ3) is 6.01. The molecule has 0 atom stereocenters. The minimum Gasteiger partial charge on any atom is -0.0847 e. The molecule has 0 saturated heterocycles. The van der Waals surface area contributed by atoms with Gasteiger partial charge in [-0.3, -0.25) is 0 Å². The van der Waals surface area contributed by atoms with Gasteiger partial charge < -0.3 is 0 Å².